The van der Waals surface area contributed by atoms with Crippen molar-refractivity contribution in [2.75, 3.05) is 7.11 Å². The Kier molecular flexibility index (Phi) is 5.27. The van der Waals surface area contributed by atoms with Crippen molar-refractivity contribution in [3.05, 3.63) is 29.8 Å². The Balaban J connectivity index is 3.03. The van der Waals surface area contributed by atoms with Crippen LogP contribution in [-0.2, 0) is 19.6 Å². The third kappa shape index (κ3) is 3.81. The molecule has 20 heavy (non-hydrogen) atoms. The van der Waals surface area contributed by atoms with E-state index < -0.39 is 28.1 Å². The van der Waals surface area contributed by atoms with Crippen LogP contribution in [-0.4, -0.2) is 38.7 Å². The number of hydrogen-bond acceptors (Lipinski definition) is 5. The molecular weight excluding hydrogens is 282 g/mol. The van der Waals surface area contributed by atoms with E-state index in [9.17, 15) is 18.3 Å². The van der Waals surface area contributed by atoms with E-state index in [1.807, 2.05) is 0 Å². The molecule has 0 aromatic heterocycles. The molecule has 0 heterocycles. The number of rotatable bonds is 5. The molecule has 0 aliphatic rings. The van der Waals surface area contributed by atoms with Gasteiger partial charge in [-0.2, -0.15) is 4.72 Å². The summed E-state index contributed by atoms with van der Waals surface area (Å²) in [5.74, 6) is 1.49. The molecular formula is C13H15NO5S. The quantitative estimate of drug-likeness (QED) is 0.583. The van der Waals surface area contributed by atoms with Gasteiger partial charge in [-0.15, -0.1) is 6.42 Å². The number of methoxy groups -OCH3 is 1. The number of nitrogens with one attached hydrogen (secondary N) is 1. The van der Waals surface area contributed by atoms with Crippen LogP contribution in [0.25, 0.3) is 0 Å². The highest BCUT2D eigenvalue weighted by atomic mass is 32.2. The molecule has 0 bridgehead atoms. The minimum Gasteiger partial charge on any atom is -0.468 e. The molecule has 2 N–H and O–H groups in total. The predicted molar refractivity (Wildman–Crippen MR) is 72.2 cm³/mol. The number of hydrogen-bond donors (Lipinski definition) is 2. The van der Waals surface area contributed by atoms with E-state index in [4.69, 9.17) is 6.42 Å². The van der Waals surface area contributed by atoms with Gasteiger partial charge in [0.05, 0.1) is 18.1 Å². The van der Waals surface area contributed by atoms with Gasteiger partial charge >= 0.3 is 5.97 Å². The van der Waals surface area contributed by atoms with Crippen LogP contribution >= 0.6 is 0 Å². The van der Waals surface area contributed by atoms with Gasteiger partial charge in [0.2, 0.25) is 10.0 Å². The summed E-state index contributed by atoms with van der Waals surface area (Å²) in [6.45, 7) is 1.28. The number of carbonyl (C=O) groups is 1. The Morgan fingerprint density at radius 1 is 1.40 bits per heavy atom. The average molecular weight is 297 g/mol. The molecule has 0 saturated heterocycles. The number of esters is 1. The zero-order chi connectivity index (χ0) is 15.3. The van der Waals surface area contributed by atoms with Gasteiger partial charge in [0.15, 0.2) is 0 Å². The molecule has 2 atom stereocenters. The van der Waals surface area contributed by atoms with Crippen LogP contribution < -0.4 is 4.72 Å². The first-order valence-corrected chi connectivity index (χ1v) is 7.15. The number of aliphatic hydroxyl groups is 1. The lowest BCUT2D eigenvalue weighted by Crippen LogP contribution is -2.48. The maximum absolute atomic E-state index is 12.1. The number of ether oxygens (including phenoxy) is 1. The predicted octanol–water partition coefficient (Wildman–Crippen LogP) is -0.131. The summed E-state index contributed by atoms with van der Waals surface area (Å²) in [7, 11) is -2.86. The van der Waals surface area contributed by atoms with Crippen molar-refractivity contribution in [2.45, 2.75) is 24.0 Å². The lowest BCUT2D eigenvalue weighted by molar-refractivity contribution is -0.145. The molecule has 0 saturated carbocycles. The molecule has 1 rings (SSSR count). The largest absolute Gasteiger partial charge is 0.468 e. The van der Waals surface area contributed by atoms with Crippen molar-refractivity contribution in [3.63, 3.8) is 0 Å². The Hall–Kier alpha value is -1.88. The molecule has 7 heteroatoms. The van der Waals surface area contributed by atoms with Gasteiger partial charge in [0, 0.05) is 5.56 Å². The fourth-order valence-electron chi connectivity index (χ4n) is 1.44. The van der Waals surface area contributed by atoms with Crippen molar-refractivity contribution in [3.8, 4) is 12.3 Å². The topological polar surface area (TPSA) is 92.7 Å². The minimum atomic E-state index is -3.96. The molecule has 0 aliphatic carbocycles. The number of aliphatic hydroxyl groups excluding tert-OH is 1. The second-order valence-electron chi connectivity index (χ2n) is 4.03. The monoisotopic (exact) mass is 297 g/mol. The molecule has 0 aliphatic heterocycles. The van der Waals surface area contributed by atoms with Crippen molar-refractivity contribution in [1.82, 2.24) is 4.72 Å². The summed E-state index contributed by atoms with van der Waals surface area (Å²) in [5.41, 5.74) is 0.531. The first-order chi connectivity index (χ1) is 9.31. The van der Waals surface area contributed by atoms with Gasteiger partial charge in [-0.25, -0.2) is 8.42 Å². The van der Waals surface area contributed by atoms with Gasteiger partial charge in [0.25, 0.3) is 0 Å². The zero-order valence-corrected chi connectivity index (χ0v) is 11.8. The average Bonchev–Trinajstić information content (AvgIpc) is 2.43. The van der Waals surface area contributed by atoms with Crippen LogP contribution in [0.1, 0.15) is 12.5 Å². The van der Waals surface area contributed by atoms with Gasteiger partial charge < -0.3 is 9.84 Å². The van der Waals surface area contributed by atoms with E-state index in [1.165, 1.54) is 31.2 Å². The highest BCUT2D eigenvalue weighted by Gasteiger charge is 2.30. The Morgan fingerprint density at radius 3 is 2.35 bits per heavy atom. The molecule has 6 nitrogen and oxygen atoms in total. The Labute approximate surface area is 117 Å². The van der Waals surface area contributed by atoms with Crippen LogP contribution in [0.3, 0.4) is 0 Å². The van der Waals surface area contributed by atoms with Gasteiger partial charge in [-0.3, -0.25) is 4.79 Å². The van der Waals surface area contributed by atoms with Crippen molar-refractivity contribution < 1.29 is 23.1 Å². The van der Waals surface area contributed by atoms with Gasteiger partial charge in [0.1, 0.15) is 6.04 Å². The number of carbonyl (C=O) groups excluding carboxylic acids is 1. The normalized spacial score (nSPS) is 14.1. The number of terminal acetylenes is 1. The van der Waals surface area contributed by atoms with Crippen molar-refractivity contribution in [2.24, 2.45) is 0 Å². The third-order valence-corrected chi connectivity index (χ3v) is 4.01. The summed E-state index contributed by atoms with van der Waals surface area (Å²) < 4.78 is 30.7. The van der Waals surface area contributed by atoms with Crippen LogP contribution in [0.5, 0.6) is 0 Å². The SMILES string of the molecule is C#Cc1ccc(S(=O)(=O)NC(C(=O)OC)C(C)O)cc1. The molecule has 1 aromatic rings. The van der Waals surface area contributed by atoms with Crippen LogP contribution in [0.15, 0.2) is 29.2 Å². The maximum Gasteiger partial charge on any atom is 0.326 e. The lowest BCUT2D eigenvalue weighted by Gasteiger charge is -2.18. The number of sulfonamides is 1. The second kappa shape index (κ2) is 6.52. The van der Waals surface area contributed by atoms with Gasteiger partial charge in [-0.1, -0.05) is 5.92 Å². The Bertz CT molecular complexity index is 613. The summed E-state index contributed by atoms with van der Waals surface area (Å²) in [6, 6.07) is 4.17. The maximum atomic E-state index is 12.1. The van der Waals surface area contributed by atoms with E-state index >= 15 is 0 Å². The Morgan fingerprint density at radius 2 is 1.95 bits per heavy atom. The van der Waals surface area contributed by atoms with Gasteiger partial charge in [-0.05, 0) is 31.2 Å². The number of benzene rings is 1. The lowest BCUT2D eigenvalue weighted by atomic mass is 10.2. The summed E-state index contributed by atoms with van der Waals surface area (Å²) in [4.78, 5) is 11.4. The highest BCUT2D eigenvalue weighted by molar-refractivity contribution is 7.89. The van der Waals surface area contributed by atoms with E-state index in [1.54, 1.807) is 0 Å². The van der Waals surface area contributed by atoms with Crippen molar-refractivity contribution in [1.29, 1.82) is 0 Å². The summed E-state index contributed by atoms with van der Waals surface area (Å²) in [6.07, 6.45) is 3.94. The fraction of sp³-hybridized carbons (Fsp3) is 0.308. The molecule has 1 aromatic carbocycles. The van der Waals surface area contributed by atoms with E-state index in [-0.39, 0.29) is 4.90 Å². The second-order valence-corrected chi connectivity index (χ2v) is 5.75. The minimum absolute atomic E-state index is 0.0638. The standard InChI is InChI=1S/C13H15NO5S/c1-4-10-5-7-11(8-6-10)20(17,18)14-12(9(2)15)13(16)19-3/h1,5-9,12,14-15H,2-3H3. The highest BCUT2D eigenvalue weighted by Crippen LogP contribution is 2.11. The van der Waals surface area contributed by atoms with Crippen molar-refractivity contribution >= 4 is 16.0 Å². The first-order valence-electron chi connectivity index (χ1n) is 5.66. The van der Waals surface area contributed by atoms with Crippen LogP contribution in [0.2, 0.25) is 0 Å². The summed E-state index contributed by atoms with van der Waals surface area (Å²) >= 11 is 0. The zero-order valence-electron chi connectivity index (χ0n) is 11.0. The fourth-order valence-corrected chi connectivity index (χ4v) is 2.69. The molecule has 0 radical (unpaired) electrons. The summed E-state index contributed by atoms with van der Waals surface area (Å²) in [5, 5.41) is 9.45. The molecule has 0 amide bonds. The van der Waals surface area contributed by atoms with E-state index in [2.05, 4.69) is 15.4 Å². The molecule has 2 unspecified atom stereocenters. The van der Waals surface area contributed by atoms with Crippen LogP contribution in [0, 0.1) is 12.3 Å². The third-order valence-electron chi connectivity index (χ3n) is 2.55. The first kappa shape index (κ1) is 16.2. The smallest absolute Gasteiger partial charge is 0.326 e. The molecule has 0 fully saturated rings. The van der Waals surface area contributed by atoms with E-state index in [0.29, 0.717) is 5.56 Å². The molecule has 108 valence electrons. The van der Waals surface area contributed by atoms with Crippen LogP contribution in [0.4, 0.5) is 0 Å². The van der Waals surface area contributed by atoms with E-state index in [0.717, 1.165) is 7.11 Å². The molecule has 0 spiro atoms.